The Bertz CT molecular complexity index is 809. The SMILES string of the molecule is FC(F)(F)C(F)(F)C(F)(c1cc2ccccc2[nH]1)C(F)(C(F)(F)F)C(F)(F)F. The van der Waals surface area contributed by atoms with Gasteiger partial charge >= 0.3 is 30.1 Å². The minimum absolute atomic E-state index is 0.180. The number of alkyl halides is 13. The van der Waals surface area contributed by atoms with Gasteiger partial charge in [-0.2, -0.15) is 48.3 Å². The minimum atomic E-state index is -7.62. The quantitative estimate of drug-likeness (QED) is 0.540. The van der Waals surface area contributed by atoms with Crippen LogP contribution in [0.1, 0.15) is 5.69 Å². The normalized spacial score (nSPS) is 17.0. The van der Waals surface area contributed by atoms with E-state index in [1.54, 1.807) is 0 Å². The fraction of sp³-hybridized carbons (Fsp3) is 0.429. The summed E-state index contributed by atoms with van der Waals surface area (Å²) in [7, 11) is 0. The van der Waals surface area contributed by atoms with Crippen LogP contribution >= 0.6 is 0 Å². The van der Waals surface area contributed by atoms with Crippen LogP contribution in [0, 0.1) is 0 Å². The first kappa shape index (κ1) is 22.1. The summed E-state index contributed by atoms with van der Waals surface area (Å²) in [6.45, 7) is 0. The average molecular weight is 435 g/mol. The Morgan fingerprint density at radius 1 is 0.607 bits per heavy atom. The molecule has 28 heavy (non-hydrogen) atoms. The summed E-state index contributed by atoms with van der Waals surface area (Å²) in [6.07, 6.45) is -22.4. The molecule has 1 atom stereocenters. The molecule has 158 valence electrons. The average Bonchev–Trinajstić information content (AvgIpc) is 2.94. The van der Waals surface area contributed by atoms with E-state index in [0.717, 1.165) is 24.3 Å². The Labute approximate surface area is 146 Å². The summed E-state index contributed by atoms with van der Waals surface area (Å²) >= 11 is 0. The molecule has 1 N–H and O–H groups in total. The third kappa shape index (κ3) is 2.70. The van der Waals surface area contributed by atoms with Gasteiger partial charge in [0.05, 0.1) is 5.69 Å². The molecule has 0 spiro atoms. The number of rotatable bonds is 3. The van der Waals surface area contributed by atoms with Gasteiger partial charge < -0.3 is 4.98 Å². The van der Waals surface area contributed by atoms with Gasteiger partial charge in [-0.25, -0.2) is 8.78 Å². The number of fused-ring (bicyclic) bond motifs is 1. The van der Waals surface area contributed by atoms with Crippen LogP contribution in [0.3, 0.4) is 0 Å². The number of H-pyrrole nitrogens is 1. The molecule has 14 heteroatoms. The number of aromatic nitrogens is 1. The van der Waals surface area contributed by atoms with Gasteiger partial charge in [-0.15, -0.1) is 0 Å². The summed E-state index contributed by atoms with van der Waals surface area (Å²) in [6, 6.07) is 3.62. The maximum atomic E-state index is 15.0. The van der Waals surface area contributed by atoms with Crippen molar-refractivity contribution in [1.29, 1.82) is 0 Å². The van der Waals surface area contributed by atoms with Crippen LogP contribution in [0.25, 0.3) is 10.9 Å². The van der Waals surface area contributed by atoms with E-state index < -0.39 is 52.4 Å². The molecule has 0 saturated carbocycles. The predicted molar refractivity (Wildman–Crippen MR) is 68.0 cm³/mol. The molecule has 0 radical (unpaired) electrons. The topological polar surface area (TPSA) is 15.8 Å². The molecular formula is C14H6F13N. The lowest BCUT2D eigenvalue weighted by atomic mass is 9.76. The second-order valence-corrected chi connectivity index (χ2v) is 5.65. The number of aromatic amines is 1. The van der Waals surface area contributed by atoms with E-state index in [1.807, 2.05) is 0 Å². The summed E-state index contributed by atoms with van der Waals surface area (Å²) in [5.74, 6) is -7.44. The first-order valence-corrected chi connectivity index (χ1v) is 6.86. The molecule has 0 saturated heterocycles. The standard InChI is InChI=1S/C14H6F13N/c15-9(11(17,18)14(25,26)27,10(16,12(19,20)21)13(22,23)24)8-5-6-3-1-2-4-7(6)28-8/h1-5,28H. The van der Waals surface area contributed by atoms with Crippen LogP contribution in [0.15, 0.2) is 30.3 Å². The monoisotopic (exact) mass is 435 g/mol. The number of benzene rings is 1. The Morgan fingerprint density at radius 2 is 1.07 bits per heavy atom. The number of hydrogen-bond acceptors (Lipinski definition) is 0. The van der Waals surface area contributed by atoms with Crippen LogP contribution in [-0.4, -0.2) is 35.1 Å². The van der Waals surface area contributed by atoms with Crippen molar-refractivity contribution in [3.8, 4) is 0 Å². The largest absolute Gasteiger partial charge is 0.457 e. The second-order valence-electron chi connectivity index (χ2n) is 5.65. The number of hydrogen-bond donors (Lipinski definition) is 1. The highest BCUT2D eigenvalue weighted by Crippen LogP contribution is 2.65. The molecule has 1 aromatic carbocycles. The van der Waals surface area contributed by atoms with Crippen LogP contribution in [0.2, 0.25) is 0 Å². The number of para-hydroxylation sites is 1. The van der Waals surface area contributed by atoms with Crippen molar-refractivity contribution in [2.45, 2.75) is 35.8 Å². The van der Waals surface area contributed by atoms with Crippen molar-refractivity contribution in [2.75, 3.05) is 0 Å². The van der Waals surface area contributed by atoms with E-state index in [0.29, 0.717) is 0 Å². The molecule has 2 aromatic rings. The third-order valence-corrected chi connectivity index (χ3v) is 3.95. The summed E-state index contributed by atoms with van der Waals surface area (Å²) in [5.41, 5.74) is -17.8. The van der Waals surface area contributed by atoms with Crippen LogP contribution in [-0.2, 0) is 5.67 Å². The smallest absolute Gasteiger partial charge is 0.355 e. The van der Waals surface area contributed by atoms with Gasteiger partial charge in [0.1, 0.15) is 0 Å². The number of nitrogens with one attached hydrogen (secondary N) is 1. The zero-order chi connectivity index (χ0) is 22.0. The lowest BCUT2D eigenvalue weighted by Gasteiger charge is -2.44. The summed E-state index contributed by atoms with van der Waals surface area (Å²) in [5, 5.41) is -0.538. The predicted octanol–water partition coefficient (Wildman–Crippen LogP) is 6.36. The highest BCUT2D eigenvalue weighted by atomic mass is 19.4. The maximum Gasteiger partial charge on any atom is 0.457 e. The second kappa shape index (κ2) is 5.92. The zero-order valence-electron chi connectivity index (χ0n) is 12.8. The van der Waals surface area contributed by atoms with Crippen molar-refractivity contribution in [3.05, 3.63) is 36.0 Å². The molecule has 0 amide bonds. The van der Waals surface area contributed by atoms with E-state index in [2.05, 4.69) is 0 Å². The lowest BCUT2D eigenvalue weighted by Crippen LogP contribution is -2.72. The van der Waals surface area contributed by atoms with Crippen molar-refractivity contribution in [2.24, 2.45) is 0 Å². The van der Waals surface area contributed by atoms with Gasteiger partial charge in [0.15, 0.2) is 0 Å². The third-order valence-electron chi connectivity index (χ3n) is 3.95. The van der Waals surface area contributed by atoms with Crippen LogP contribution in [0.4, 0.5) is 57.1 Å². The lowest BCUT2D eigenvalue weighted by molar-refractivity contribution is -0.434. The van der Waals surface area contributed by atoms with Crippen molar-refractivity contribution < 1.29 is 57.1 Å². The fourth-order valence-corrected chi connectivity index (χ4v) is 2.58. The van der Waals surface area contributed by atoms with E-state index in [1.165, 1.54) is 4.98 Å². The van der Waals surface area contributed by atoms with Gasteiger partial charge in [0, 0.05) is 5.52 Å². The van der Waals surface area contributed by atoms with Crippen molar-refractivity contribution in [1.82, 2.24) is 4.98 Å². The Hall–Kier alpha value is -2.15. The van der Waals surface area contributed by atoms with Gasteiger partial charge in [-0.3, -0.25) is 0 Å². The van der Waals surface area contributed by atoms with Gasteiger partial charge in [0.2, 0.25) is 0 Å². The molecule has 0 bridgehead atoms. The van der Waals surface area contributed by atoms with Crippen LogP contribution in [0.5, 0.6) is 0 Å². The fourth-order valence-electron chi connectivity index (χ4n) is 2.58. The Balaban J connectivity index is 3.02. The summed E-state index contributed by atoms with van der Waals surface area (Å²) < 4.78 is 172. The van der Waals surface area contributed by atoms with Crippen molar-refractivity contribution in [3.63, 3.8) is 0 Å². The highest BCUT2D eigenvalue weighted by Gasteiger charge is 2.93. The van der Waals surface area contributed by atoms with Gasteiger partial charge in [-0.1, -0.05) is 18.2 Å². The molecule has 0 aliphatic heterocycles. The Morgan fingerprint density at radius 3 is 1.46 bits per heavy atom. The van der Waals surface area contributed by atoms with Gasteiger partial charge in [0.25, 0.3) is 5.67 Å². The maximum absolute atomic E-state index is 15.0. The molecule has 2 rings (SSSR count). The molecule has 1 aromatic heterocycles. The molecule has 0 aliphatic rings. The zero-order valence-corrected chi connectivity index (χ0v) is 12.8. The van der Waals surface area contributed by atoms with Crippen LogP contribution < -0.4 is 0 Å². The Kier molecular flexibility index (Phi) is 4.68. The highest BCUT2D eigenvalue weighted by molar-refractivity contribution is 5.80. The molecule has 1 heterocycles. The molecule has 0 aliphatic carbocycles. The van der Waals surface area contributed by atoms with E-state index >= 15 is 0 Å². The van der Waals surface area contributed by atoms with Gasteiger partial charge in [-0.05, 0) is 17.5 Å². The first-order chi connectivity index (χ1) is 12.3. The molecular weight excluding hydrogens is 429 g/mol. The van der Waals surface area contributed by atoms with E-state index in [4.69, 9.17) is 0 Å². The van der Waals surface area contributed by atoms with E-state index in [-0.39, 0.29) is 6.07 Å². The first-order valence-electron chi connectivity index (χ1n) is 6.86. The summed E-state index contributed by atoms with van der Waals surface area (Å²) in [4.78, 5) is 1.27. The molecule has 0 fully saturated rings. The minimum Gasteiger partial charge on any atom is -0.355 e. The van der Waals surface area contributed by atoms with Crippen molar-refractivity contribution >= 4 is 10.9 Å². The number of halogens is 13. The molecule has 1 nitrogen and oxygen atoms in total. The molecule has 1 unspecified atom stereocenters. The van der Waals surface area contributed by atoms with E-state index in [9.17, 15) is 57.1 Å².